The number of aromatic nitrogens is 4. The van der Waals surface area contributed by atoms with Gasteiger partial charge in [-0.1, -0.05) is 6.07 Å². The number of amides is 1. The van der Waals surface area contributed by atoms with E-state index in [1.165, 1.54) is 36.7 Å². The monoisotopic (exact) mass is 510 g/mol. The van der Waals surface area contributed by atoms with Crippen molar-refractivity contribution in [2.24, 2.45) is 0 Å². The summed E-state index contributed by atoms with van der Waals surface area (Å²) in [6, 6.07) is 4.94. The lowest BCUT2D eigenvalue weighted by atomic mass is 10.1. The Morgan fingerprint density at radius 2 is 1.97 bits per heavy atom. The third-order valence-corrected chi connectivity index (χ3v) is 6.33. The number of hydrogen-bond donors (Lipinski definition) is 2. The number of benzene rings is 1. The summed E-state index contributed by atoms with van der Waals surface area (Å²) in [7, 11) is -3.12. The maximum absolute atomic E-state index is 14.3. The highest BCUT2D eigenvalue weighted by Crippen LogP contribution is 2.41. The second-order valence-electron chi connectivity index (χ2n) is 7.95. The zero-order chi connectivity index (χ0) is 25.5. The number of anilines is 1. The van der Waals surface area contributed by atoms with Crippen molar-refractivity contribution in [3.63, 3.8) is 0 Å². The molecule has 2 aromatic heterocycles. The maximum Gasteiger partial charge on any atom is 0.435 e. The van der Waals surface area contributed by atoms with Gasteiger partial charge in [0, 0.05) is 28.6 Å². The minimum atomic E-state index is -4.92. The highest BCUT2D eigenvalue weighted by molar-refractivity contribution is 7.91. The van der Waals surface area contributed by atoms with Gasteiger partial charge < -0.3 is 10.1 Å². The first-order chi connectivity index (χ1) is 16.3. The Morgan fingerprint density at radius 3 is 2.57 bits per heavy atom. The van der Waals surface area contributed by atoms with Gasteiger partial charge in [0.05, 0.1) is 9.73 Å². The third kappa shape index (κ3) is 5.37. The van der Waals surface area contributed by atoms with Crippen LogP contribution >= 0.6 is 0 Å². The molecule has 1 aromatic carbocycles. The van der Waals surface area contributed by atoms with Crippen LogP contribution in [-0.2, 0) is 15.9 Å². The predicted octanol–water partition coefficient (Wildman–Crippen LogP) is 4.69. The molecule has 0 spiro atoms. The first-order valence-corrected chi connectivity index (χ1v) is 12.1. The molecule has 35 heavy (non-hydrogen) atoms. The number of hydrogen-bond acceptors (Lipinski definition) is 8. The molecule has 4 rings (SSSR count). The van der Waals surface area contributed by atoms with Gasteiger partial charge in [-0.2, -0.15) is 22.5 Å². The van der Waals surface area contributed by atoms with Crippen LogP contribution < -0.4 is 10.1 Å². The molecule has 1 atom stereocenters. The van der Waals surface area contributed by atoms with Crippen molar-refractivity contribution in [3.8, 4) is 11.9 Å². The lowest BCUT2D eigenvalue weighted by Crippen LogP contribution is -2.21. The Morgan fingerprint density at radius 1 is 1.26 bits per heavy atom. The van der Waals surface area contributed by atoms with Crippen LogP contribution in [0.2, 0.25) is 0 Å². The summed E-state index contributed by atoms with van der Waals surface area (Å²) in [4.78, 5) is 20.6. The molecule has 3 aromatic rings. The van der Waals surface area contributed by atoms with E-state index in [1.807, 2.05) is 0 Å². The molecule has 0 radical (unpaired) electrons. The van der Waals surface area contributed by atoms with Crippen LogP contribution in [0.15, 0.2) is 35.4 Å². The minimum absolute atomic E-state index is 0.00999. The van der Waals surface area contributed by atoms with E-state index in [0.29, 0.717) is 5.56 Å². The summed E-state index contributed by atoms with van der Waals surface area (Å²) in [5.41, 5.74) is -2.27. The van der Waals surface area contributed by atoms with Crippen molar-refractivity contribution < 1.29 is 31.3 Å². The molecule has 2 heterocycles. The van der Waals surface area contributed by atoms with E-state index < -0.39 is 56.5 Å². The van der Waals surface area contributed by atoms with Gasteiger partial charge in [-0.3, -0.25) is 4.79 Å². The standard InChI is InChI=1S/C21H18F4N6O3S/c1-10-15(18(32)28-12-4-3-5-13(8-12)35(2,26)33)19(31-30-16(10)21(23,24)25)34-20-27-9-14(11-6-7-11)17(22)29-20/h3-5,8-9,11,26H,6-7H2,1-2H3,(H,28,32). The molecular formula is C21H18F4N6O3S. The molecule has 1 saturated carbocycles. The van der Waals surface area contributed by atoms with Crippen molar-refractivity contribution in [1.29, 1.82) is 4.78 Å². The Labute approximate surface area is 196 Å². The van der Waals surface area contributed by atoms with Crippen LogP contribution in [0.4, 0.5) is 23.2 Å². The maximum atomic E-state index is 14.3. The Bertz CT molecular complexity index is 1430. The smallest absolute Gasteiger partial charge is 0.403 e. The van der Waals surface area contributed by atoms with Crippen LogP contribution in [-0.4, -0.2) is 36.5 Å². The second kappa shape index (κ2) is 8.83. The molecule has 14 heteroatoms. The average molecular weight is 510 g/mol. The summed E-state index contributed by atoms with van der Waals surface area (Å²) in [5.74, 6) is -2.55. The first-order valence-electron chi connectivity index (χ1n) is 10.1. The number of ether oxygens (including phenoxy) is 1. The van der Waals surface area contributed by atoms with Gasteiger partial charge in [-0.25, -0.2) is 14.0 Å². The van der Waals surface area contributed by atoms with Crippen LogP contribution in [0.25, 0.3) is 0 Å². The number of halogens is 4. The highest BCUT2D eigenvalue weighted by atomic mass is 32.2. The van der Waals surface area contributed by atoms with Gasteiger partial charge in [0.1, 0.15) is 5.56 Å². The van der Waals surface area contributed by atoms with E-state index in [4.69, 9.17) is 9.52 Å². The fourth-order valence-corrected chi connectivity index (χ4v) is 3.97. The lowest BCUT2D eigenvalue weighted by molar-refractivity contribution is -0.142. The number of nitrogens with zero attached hydrogens (tertiary/aromatic N) is 4. The van der Waals surface area contributed by atoms with E-state index in [1.54, 1.807) is 0 Å². The summed E-state index contributed by atoms with van der Waals surface area (Å²) in [5, 5.41) is 8.90. The Balaban J connectivity index is 1.72. The van der Waals surface area contributed by atoms with Gasteiger partial charge in [-0.05, 0) is 49.4 Å². The van der Waals surface area contributed by atoms with E-state index in [2.05, 4.69) is 25.5 Å². The van der Waals surface area contributed by atoms with Crippen LogP contribution in [0.5, 0.6) is 11.9 Å². The summed E-state index contributed by atoms with van der Waals surface area (Å²) < 4.78 is 79.6. The molecule has 1 aliphatic carbocycles. The van der Waals surface area contributed by atoms with Gasteiger partial charge in [-0.15, -0.1) is 10.2 Å². The normalized spacial score (nSPS) is 15.4. The van der Waals surface area contributed by atoms with Gasteiger partial charge >= 0.3 is 12.2 Å². The number of rotatable bonds is 6. The highest BCUT2D eigenvalue weighted by Gasteiger charge is 2.38. The molecule has 1 amide bonds. The molecule has 0 bridgehead atoms. The number of carbonyl (C=O) groups is 1. The lowest BCUT2D eigenvalue weighted by Gasteiger charge is -2.15. The topological polar surface area (TPSA) is 131 Å². The van der Waals surface area contributed by atoms with E-state index in [9.17, 15) is 26.6 Å². The quantitative estimate of drug-likeness (QED) is 0.363. The number of carbonyl (C=O) groups excluding carboxylic acids is 1. The first kappa shape index (κ1) is 24.4. The molecule has 0 saturated heterocycles. The van der Waals surface area contributed by atoms with Crippen LogP contribution in [0.3, 0.4) is 0 Å². The van der Waals surface area contributed by atoms with Gasteiger partial charge in [0.2, 0.25) is 5.95 Å². The predicted molar refractivity (Wildman–Crippen MR) is 115 cm³/mol. The summed E-state index contributed by atoms with van der Waals surface area (Å²) in [6.07, 6.45) is -0.933. The average Bonchev–Trinajstić information content (AvgIpc) is 3.58. The fraction of sp³-hybridized carbons (Fsp3) is 0.286. The zero-order valence-electron chi connectivity index (χ0n) is 18.3. The van der Waals surface area contributed by atoms with Crippen LogP contribution in [0.1, 0.15) is 45.9 Å². The summed E-state index contributed by atoms with van der Waals surface area (Å²) >= 11 is 0. The van der Waals surface area contributed by atoms with E-state index in [0.717, 1.165) is 19.8 Å². The molecule has 1 aliphatic rings. The molecule has 1 fully saturated rings. The van der Waals surface area contributed by atoms with Crippen molar-refractivity contribution in [1.82, 2.24) is 20.2 Å². The second-order valence-corrected chi connectivity index (χ2v) is 10.1. The molecule has 1 unspecified atom stereocenters. The number of alkyl halides is 3. The summed E-state index contributed by atoms with van der Waals surface area (Å²) in [6.45, 7) is 1.01. The zero-order valence-corrected chi connectivity index (χ0v) is 19.1. The van der Waals surface area contributed by atoms with Gasteiger partial charge in [0.15, 0.2) is 5.69 Å². The Hall–Kier alpha value is -3.68. The van der Waals surface area contributed by atoms with E-state index in [-0.39, 0.29) is 16.5 Å². The largest absolute Gasteiger partial charge is 0.435 e. The molecule has 184 valence electrons. The SMILES string of the molecule is Cc1c(C(F)(F)F)nnc(Oc2ncc(C3CC3)c(F)n2)c1C(=O)Nc1cccc(S(C)(=N)=O)c1. The van der Waals surface area contributed by atoms with Crippen molar-refractivity contribution in [2.45, 2.75) is 36.8 Å². The van der Waals surface area contributed by atoms with Crippen LogP contribution in [0, 0.1) is 17.7 Å². The molecule has 9 nitrogen and oxygen atoms in total. The van der Waals surface area contributed by atoms with Crippen molar-refractivity contribution in [3.05, 3.63) is 58.8 Å². The number of nitrogens with one attached hydrogen (secondary N) is 2. The minimum Gasteiger partial charge on any atom is -0.403 e. The molecule has 2 N–H and O–H groups in total. The fourth-order valence-electron chi connectivity index (χ4n) is 3.28. The van der Waals surface area contributed by atoms with Crippen molar-refractivity contribution >= 4 is 21.3 Å². The van der Waals surface area contributed by atoms with Crippen molar-refractivity contribution in [2.75, 3.05) is 11.6 Å². The third-order valence-electron chi connectivity index (χ3n) is 5.17. The molecular weight excluding hydrogens is 492 g/mol. The molecule has 0 aliphatic heterocycles. The van der Waals surface area contributed by atoms with Gasteiger partial charge in [0.25, 0.3) is 11.8 Å². The van der Waals surface area contributed by atoms with E-state index >= 15 is 0 Å². The Kier molecular flexibility index (Phi) is 6.17.